The third-order valence-electron chi connectivity index (χ3n) is 3.83. The molecule has 1 unspecified atom stereocenters. The largest absolute Gasteiger partial charge is 0.469 e. The van der Waals surface area contributed by atoms with E-state index in [2.05, 4.69) is 9.72 Å². The molecule has 1 aliphatic carbocycles. The average Bonchev–Trinajstić information content (AvgIpc) is 2.94. The third kappa shape index (κ3) is 4.86. The summed E-state index contributed by atoms with van der Waals surface area (Å²) < 4.78 is 9.46. The van der Waals surface area contributed by atoms with Crippen LogP contribution in [0.5, 0.6) is 0 Å². The lowest BCUT2D eigenvalue weighted by Crippen LogP contribution is -2.24. The molecule has 0 aromatic carbocycles. The summed E-state index contributed by atoms with van der Waals surface area (Å²) in [6.07, 6.45) is 2.81. The van der Waals surface area contributed by atoms with Gasteiger partial charge in [-0.2, -0.15) is 0 Å². The van der Waals surface area contributed by atoms with Gasteiger partial charge in [-0.25, -0.2) is 4.98 Å². The van der Waals surface area contributed by atoms with E-state index >= 15 is 0 Å². The molecule has 0 fully saturated rings. The zero-order valence-electron chi connectivity index (χ0n) is 13.4. The topological polar surface area (TPSA) is 82.6 Å². The number of nitrogens with zero attached hydrogens (tertiary/aromatic N) is 1. The van der Waals surface area contributed by atoms with Gasteiger partial charge in [-0.05, 0) is 26.2 Å². The van der Waals surface area contributed by atoms with E-state index in [9.17, 15) is 14.4 Å². The maximum Gasteiger partial charge on any atom is 0.313 e. The molecule has 1 atom stereocenters. The van der Waals surface area contributed by atoms with Crippen molar-refractivity contribution in [2.24, 2.45) is 5.92 Å². The number of esters is 2. The normalized spacial score (nSPS) is 16.5. The minimum atomic E-state index is -0.452. The first kappa shape index (κ1) is 17.6. The summed E-state index contributed by atoms with van der Waals surface area (Å²) in [7, 11) is 1.37. The van der Waals surface area contributed by atoms with Gasteiger partial charge in [0.1, 0.15) is 12.2 Å². The number of methoxy groups -OCH3 is 1. The van der Waals surface area contributed by atoms with E-state index in [1.807, 2.05) is 0 Å². The van der Waals surface area contributed by atoms with Crippen LogP contribution in [0.15, 0.2) is 0 Å². The van der Waals surface area contributed by atoms with E-state index in [4.69, 9.17) is 4.74 Å². The highest BCUT2D eigenvalue weighted by molar-refractivity contribution is 7.11. The minimum Gasteiger partial charge on any atom is -0.469 e. The minimum absolute atomic E-state index is 0.0568. The number of fused-ring (bicyclic) bond motifs is 1. The summed E-state index contributed by atoms with van der Waals surface area (Å²) in [5, 5.41) is 0.902. The number of carbonyl (C=O) groups is 3. The number of ketones is 1. The molecular weight excluding hydrogens is 318 g/mol. The zero-order valence-corrected chi connectivity index (χ0v) is 14.2. The van der Waals surface area contributed by atoms with Gasteiger partial charge in [-0.3, -0.25) is 14.4 Å². The SMILES string of the molecule is CCOC(=O)CC(=O)C1CCc2nc(CCC(=O)OC)sc2C1. The number of carbonyl (C=O) groups excluding carboxylic acids is 3. The van der Waals surface area contributed by atoms with Gasteiger partial charge in [0.25, 0.3) is 0 Å². The molecule has 1 aliphatic rings. The second kappa shape index (κ2) is 8.19. The summed E-state index contributed by atoms with van der Waals surface area (Å²) >= 11 is 1.55. The highest BCUT2D eigenvalue weighted by Gasteiger charge is 2.28. The lowest BCUT2D eigenvalue weighted by Gasteiger charge is -2.19. The van der Waals surface area contributed by atoms with Crippen molar-refractivity contribution < 1.29 is 23.9 Å². The molecule has 0 saturated heterocycles. The van der Waals surface area contributed by atoms with Crippen molar-refractivity contribution >= 4 is 29.1 Å². The molecule has 0 radical (unpaired) electrons. The summed E-state index contributed by atoms with van der Waals surface area (Å²) in [4.78, 5) is 40.4. The molecule has 6 nitrogen and oxygen atoms in total. The van der Waals surface area contributed by atoms with Gasteiger partial charge >= 0.3 is 11.9 Å². The number of aromatic nitrogens is 1. The van der Waals surface area contributed by atoms with Gasteiger partial charge in [-0.1, -0.05) is 0 Å². The van der Waals surface area contributed by atoms with Gasteiger partial charge < -0.3 is 9.47 Å². The zero-order chi connectivity index (χ0) is 16.8. The number of hydrogen-bond donors (Lipinski definition) is 0. The van der Waals surface area contributed by atoms with E-state index in [0.29, 0.717) is 32.3 Å². The fourth-order valence-electron chi connectivity index (χ4n) is 2.62. The third-order valence-corrected chi connectivity index (χ3v) is 5.01. The number of Topliss-reactive ketones (excluding diaryl/α,β-unsaturated/α-hetero) is 1. The van der Waals surface area contributed by atoms with Crippen LogP contribution >= 0.6 is 11.3 Å². The molecule has 7 heteroatoms. The van der Waals surface area contributed by atoms with Crippen molar-refractivity contribution in [3.63, 3.8) is 0 Å². The highest BCUT2D eigenvalue weighted by atomic mass is 32.1. The Labute approximate surface area is 139 Å². The molecule has 126 valence electrons. The van der Waals surface area contributed by atoms with Crippen LogP contribution < -0.4 is 0 Å². The monoisotopic (exact) mass is 339 g/mol. The van der Waals surface area contributed by atoms with Gasteiger partial charge in [0.15, 0.2) is 0 Å². The summed E-state index contributed by atoms with van der Waals surface area (Å²) in [5.41, 5.74) is 1.02. The van der Waals surface area contributed by atoms with Crippen molar-refractivity contribution in [3.05, 3.63) is 15.6 Å². The average molecular weight is 339 g/mol. The van der Waals surface area contributed by atoms with Gasteiger partial charge in [0.05, 0.1) is 30.8 Å². The van der Waals surface area contributed by atoms with Crippen LogP contribution in [-0.4, -0.2) is 36.4 Å². The molecule has 1 aromatic heterocycles. The lowest BCUT2D eigenvalue weighted by molar-refractivity contribution is -0.146. The molecule has 23 heavy (non-hydrogen) atoms. The predicted molar refractivity (Wildman–Crippen MR) is 84.2 cm³/mol. The second-order valence-electron chi connectivity index (χ2n) is 5.44. The van der Waals surface area contributed by atoms with Gasteiger partial charge in [0.2, 0.25) is 0 Å². The maximum absolute atomic E-state index is 12.2. The molecule has 0 amide bonds. The van der Waals surface area contributed by atoms with Crippen molar-refractivity contribution in [1.82, 2.24) is 4.98 Å². The standard InChI is InChI=1S/C16H21NO5S/c1-3-22-16(20)9-12(18)10-4-5-11-13(8-10)23-14(17-11)6-7-15(19)21-2/h10H,3-9H2,1-2H3. The fourth-order valence-corrected chi connectivity index (χ4v) is 3.81. The Balaban J connectivity index is 1.92. The van der Waals surface area contributed by atoms with Crippen LogP contribution in [0.25, 0.3) is 0 Å². The van der Waals surface area contributed by atoms with E-state index in [0.717, 1.165) is 22.0 Å². The number of thiazole rings is 1. The molecule has 0 bridgehead atoms. The predicted octanol–water partition coefficient (Wildman–Crippen LogP) is 1.88. The van der Waals surface area contributed by atoms with Crippen LogP contribution in [0, 0.1) is 5.92 Å². The smallest absolute Gasteiger partial charge is 0.313 e. The summed E-state index contributed by atoms with van der Waals surface area (Å²) in [5.74, 6) is -0.897. The van der Waals surface area contributed by atoms with Crippen LogP contribution in [0.3, 0.4) is 0 Å². The molecule has 1 heterocycles. The Morgan fingerprint density at radius 1 is 1.30 bits per heavy atom. The first-order valence-corrected chi connectivity index (χ1v) is 8.57. The molecule has 0 spiro atoms. The first-order chi connectivity index (χ1) is 11.0. The van der Waals surface area contributed by atoms with Crippen LogP contribution in [0.2, 0.25) is 0 Å². The van der Waals surface area contributed by atoms with E-state index in [1.54, 1.807) is 18.3 Å². The van der Waals surface area contributed by atoms with E-state index < -0.39 is 5.97 Å². The van der Waals surface area contributed by atoms with Crippen molar-refractivity contribution in [1.29, 1.82) is 0 Å². The summed E-state index contributed by atoms with van der Waals surface area (Å²) in [6.45, 7) is 2.02. The number of hydrogen-bond acceptors (Lipinski definition) is 7. The Morgan fingerprint density at radius 3 is 2.78 bits per heavy atom. The molecular formula is C16H21NO5S. The summed E-state index contributed by atoms with van der Waals surface area (Å²) in [6, 6.07) is 0. The van der Waals surface area contributed by atoms with Gasteiger partial charge in [-0.15, -0.1) is 11.3 Å². The number of aryl methyl sites for hydroxylation is 2. The Bertz CT molecular complexity index is 595. The Morgan fingerprint density at radius 2 is 2.09 bits per heavy atom. The Hall–Kier alpha value is -1.76. The Kier molecular flexibility index (Phi) is 6.27. The van der Waals surface area contributed by atoms with Crippen molar-refractivity contribution in [3.8, 4) is 0 Å². The second-order valence-corrected chi connectivity index (χ2v) is 6.61. The highest BCUT2D eigenvalue weighted by Crippen LogP contribution is 2.31. The molecule has 2 rings (SSSR count). The molecule has 0 saturated carbocycles. The van der Waals surface area contributed by atoms with E-state index in [1.165, 1.54) is 7.11 Å². The maximum atomic E-state index is 12.2. The van der Waals surface area contributed by atoms with Crippen LogP contribution in [0.1, 0.15) is 41.8 Å². The van der Waals surface area contributed by atoms with Crippen molar-refractivity contribution in [2.75, 3.05) is 13.7 Å². The quantitative estimate of drug-likeness (QED) is 0.557. The van der Waals surface area contributed by atoms with Crippen LogP contribution in [-0.2, 0) is 43.1 Å². The number of rotatable bonds is 7. The molecule has 0 aliphatic heterocycles. The first-order valence-electron chi connectivity index (χ1n) is 7.76. The number of ether oxygens (including phenoxy) is 2. The lowest BCUT2D eigenvalue weighted by atomic mass is 9.87. The molecule has 1 aromatic rings. The van der Waals surface area contributed by atoms with Crippen LogP contribution in [0.4, 0.5) is 0 Å². The molecule has 0 N–H and O–H groups in total. The van der Waals surface area contributed by atoms with Crippen molar-refractivity contribution in [2.45, 2.75) is 45.4 Å². The fraction of sp³-hybridized carbons (Fsp3) is 0.625. The van der Waals surface area contributed by atoms with Gasteiger partial charge in [0, 0.05) is 17.2 Å². The van der Waals surface area contributed by atoms with E-state index in [-0.39, 0.29) is 24.1 Å².